The molecular formula is C18H25N3O2. The molecule has 2 heterocycles. The minimum absolute atomic E-state index is 0.0599. The summed E-state index contributed by atoms with van der Waals surface area (Å²) in [5.74, 6) is 0.580. The van der Waals surface area contributed by atoms with Crippen LogP contribution in [0.25, 0.3) is 11.2 Å². The molecule has 5 nitrogen and oxygen atoms in total. The van der Waals surface area contributed by atoms with E-state index in [9.17, 15) is 4.79 Å². The van der Waals surface area contributed by atoms with E-state index in [-0.39, 0.29) is 11.9 Å². The zero-order valence-electron chi connectivity index (χ0n) is 14.2. The lowest BCUT2D eigenvalue weighted by molar-refractivity contribution is 0.0860. The number of Topliss-reactive ketones (excluding diaryl/α,β-unsaturated/α-hetero) is 1. The zero-order valence-corrected chi connectivity index (χ0v) is 14.2. The maximum atomic E-state index is 12.6. The Morgan fingerprint density at radius 2 is 1.91 bits per heavy atom. The number of hydrogen-bond donors (Lipinski definition) is 1. The molecule has 0 atom stereocenters. The van der Waals surface area contributed by atoms with Crippen molar-refractivity contribution in [1.29, 1.82) is 0 Å². The van der Waals surface area contributed by atoms with Gasteiger partial charge in [-0.3, -0.25) is 4.79 Å². The van der Waals surface area contributed by atoms with Crippen LogP contribution in [-0.4, -0.2) is 26.8 Å². The van der Waals surface area contributed by atoms with Gasteiger partial charge in [0.2, 0.25) is 5.88 Å². The number of hydrogen-bond acceptors (Lipinski definition) is 4. The molecule has 1 N–H and O–H groups in total. The molecule has 2 aromatic heterocycles. The van der Waals surface area contributed by atoms with Gasteiger partial charge >= 0.3 is 0 Å². The first-order valence-corrected chi connectivity index (χ1v) is 8.51. The Hall–Kier alpha value is -1.91. The summed E-state index contributed by atoms with van der Waals surface area (Å²) in [5.41, 5.74) is 1.38. The van der Waals surface area contributed by atoms with Crippen LogP contribution < -0.4 is 4.74 Å². The number of rotatable bonds is 3. The molecule has 0 aromatic carbocycles. The van der Waals surface area contributed by atoms with Gasteiger partial charge in [-0.2, -0.15) is 0 Å². The van der Waals surface area contributed by atoms with Crippen molar-refractivity contribution in [3.8, 4) is 5.88 Å². The van der Waals surface area contributed by atoms with Crippen LogP contribution in [-0.2, 0) is 0 Å². The van der Waals surface area contributed by atoms with Gasteiger partial charge in [-0.25, -0.2) is 9.97 Å². The molecule has 0 saturated heterocycles. The van der Waals surface area contributed by atoms with E-state index in [0.29, 0.717) is 22.6 Å². The Morgan fingerprint density at radius 3 is 2.57 bits per heavy atom. The third-order valence-electron chi connectivity index (χ3n) is 4.37. The molecule has 0 spiro atoms. The normalized spacial score (nSPS) is 17.2. The van der Waals surface area contributed by atoms with Crippen LogP contribution in [0.5, 0.6) is 5.88 Å². The number of nitrogens with zero attached hydrogens (tertiary/aromatic N) is 2. The van der Waals surface area contributed by atoms with E-state index in [1.54, 1.807) is 12.4 Å². The number of aromatic nitrogens is 3. The molecule has 0 radical (unpaired) electrons. The van der Waals surface area contributed by atoms with E-state index in [1.807, 2.05) is 20.8 Å². The van der Waals surface area contributed by atoms with Crippen LogP contribution in [0.1, 0.15) is 69.7 Å². The van der Waals surface area contributed by atoms with Crippen LogP contribution in [0.3, 0.4) is 0 Å². The van der Waals surface area contributed by atoms with E-state index >= 15 is 0 Å². The van der Waals surface area contributed by atoms with Crippen molar-refractivity contribution in [3.63, 3.8) is 0 Å². The van der Waals surface area contributed by atoms with Gasteiger partial charge in [-0.05, 0) is 25.7 Å². The predicted molar refractivity (Wildman–Crippen MR) is 89.8 cm³/mol. The lowest BCUT2D eigenvalue weighted by atomic mass is 9.87. The summed E-state index contributed by atoms with van der Waals surface area (Å²) in [6.07, 6.45) is 10.7. The van der Waals surface area contributed by atoms with Gasteiger partial charge in [0, 0.05) is 11.6 Å². The maximum absolute atomic E-state index is 12.6. The summed E-state index contributed by atoms with van der Waals surface area (Å²) in [7, 11) is 0. The first-order chi connectivity index (χ1) is 10.9. The number of nitrogens with one attached hydrogen (secondary N) is 1. The first kappa shape index (κ1) is 16.0. The highest BCUT2D eigenvalue weighted by atomic mass is 16.5. The highest BCUT2D eigenvalue weighted by Crippen LogP contribution is 2.27. The smallest absolute Gasteiger partial charge is 0.233 e. The summed E-state index contributed by atoms with van der Waals surface area (Å²) in [6, 6.07) is 0. The Balaban J connectivity index is 1.87. The lowest BCUT2D eigenvalue weighted by Gasteiger charge is -2.17. The molecule has 1 fully saturated rings. The van der Waals surface area contributed by atoms with Crippen molar-refractivity contribution < 1.29 is 9.53 Å². The summed E-state index contributed by atoms with van der Waals surface area (Å²) >= 11 is 0. The summed E-state index contributed by atoms with van der Waals surface area (Å²) < 4.78 is 6.03. The lowest BCUT2D eigenvalue weighted by Crippen LogP contribution is -2.20. The van der Waals surface area contributed by atoms with Crippen LogP contribution in [0, 0.1) is 5.41 Å². The molecule has 0 unspecified atom stereocenters. The first-order valence-electron chi connectivity index (χ1n) is 8.51. The molecule has 3 rings (SSSR count). The van der Waals surface area contributed by atoms with Gasteiger partial charge in [0.05, 0.1) is 11.8 Å². The van der Waals surface area contributed by atoms with Crippen molar-refractivity contribution in [1.82, 2.24) is 15.0 Å². The van der Waals surface area contributed by atoms with E-state index in [1.165, 1.54) is 25.7 Å². The Morgan fingerprint density at radius 1 is 1.22 bits per heavy atom. The molecule has 0 aliphatic heterocycles. The highest BCUT2D eigenvalue weighted by Gasteiger charge is 2.26. The average Bonchev–Trinajstić information content (AvgIpc) is 2.73. The monoisotopic (exact) mass is 315 g/mol. The minimum Gasteiger partial charge on any atom is -0.473 e. The summed E-state index contributed by atoms with van der Waals surface area (Å²) in [5, 5.41) is 0. The van der Waals surface area contributed by atoms with Gasteiger partial charge in [-0.1, -0.05) is 33.6 Å². The molecule has 124 valence electrons. The third-order valence-corrected chi connectivity index (χ3v) is 4.37. The SMILES string of the molecule is CC(C)(C)C(=O)c1c[nH]c2ncc(OC3CCCCCC3)nc12. The van der Waals surface area contributed by atoms with Gasteiger partial charge in [-0.15, -0.1) is 0 Å². The molecular weight excluding hydrogens is 290 g/mol. The van der Waals surface area contributed by atoms with E-state index in [2.05, 4.69) is 15.0 Å². The molecule has 0 amide bonds. The zero-order chi connectivity index (χ0) is 16.4. The second kappa shape index (κ2) is 6.30. The largest absolute Gasteiger partial charge is 0.473 e. The Labute approximate surface area is 136 Å². The molecule has 5 heteroatoms. The topological polar surface area (TPSA) is 67.9 Å². The number of carbonyl (C=O) groups excluding carboxylic acids is 1. The predicted octanol–water partition coefficient (Wildman–Crippen LogP) is 4.29. The fourth-order valence-electron chi connectivity index (χ4n) is 3.04. The molecule has 1 aliphatic carbocycles. The minimum atomic E-state index is -0.449. The summed E-state index contributed by atoms with van der Waals surface area (Å²) in [4.78, 5) is 24.5. The maximum Gasteiger partial charge on any atom is 0.233 e. The van der Waals surface area contributed by atoms with Crippen LogP contribution in [0.2, 0.25) is 0 Å². The second-order valence-corrected chi connectivity index (χ2v) is 7.42. The van der Waals surface area contributed by atoms with Gasteiger partial charge in [0.15, 0.2) is 11.4 Å². The number of fused-ring (bicyclic) bond motifs is 1. The number of aromatic amines is 1. The highest BCUT2D eigenvalue weighted by molar-refractivity contribution is 6.08. The van der Waals surface area contributed by atoms with Gasteiger partial charge in [0.1, 0.15) is 11.6 Å². The van der Waals surface area contributed by atoms with Crippen molar-refractivity contribution in [2.75, 3.05) is 0 Å². The fraction of sp³-hybridized carbons (Fsp3) is 0.611. The Bertz CT molecular complexity index is 692. The van der Waals surface area contributed by atoms with E-state index < -0.39 is 5.41 Å². The molecule has 1 saturated carbocycles. The van der Waals surface area contributed by atoms with Crippen LogP contribution >= 0.6 is 0 Å². The number of ketones is 1. The van der Waals surface area contributed by atoms with Crippen molar-refractivity contribution in [2.24, 2.45) is 5.41 Å². The van der Waals surface area contributed by atoms with E-state index in [0.717, 1.165) is 12.8 Å². The van der Waals surface area contributed by atoms with Crippen molar-refractivity contribution in [3.05, 3.63) is 18.0 Å². The van der Waals surface area contributed by atoms with Crippen LogP contribution in [0.4, 0.5) is 0 Å². The standard InChI is InChI=1S/C18H25N3O2/c1-18(2,3)16(22)13-10-19-17-15(13)21-14(11-20-17)23-12-8-6-4-5-7-9-12/h10-12H,4-9H2,1-3H3,(H,19,20). The number of H-pyrrole nitrogens is 1. The average molecular weight is 315 g/mol. The molecule has 0 bridgehead atoms. The van der Waals surface area contributed by atoms with Crippen molar-refractivity contribution >= 4 is 16.9 Å². The van der Waals surface area contributed by atoms with Crippen molar-refractivity contribution in [2.45, 2.75) is 65.4 Å². The Kier molecular flexibility index (Phi) is 4.37. The van der Waals surface area contributed by atoms with Gasteiger partial charge in [0.25, 0.3) is 0 Å². The van der Waals surface area contributed by atoms with Gasteiger partial charge < -0.3 is 9.72 Å². The number of ether oxygens (including phenoxy) is 1. The second-order valence-electron chi connectivity index (χ2n) is 7.42. The summed E-state index contributed by atoms with van der Waals surface area (Å²) in [6.45, 7) is 5.73. The van der Waals surface area contributed by atoms with Crippen LogP contribution in [0.15, 0.2) is 12.4 Å². The molecule has 1 aliphatic rings. The number of carbonyl (C=O) groups is 1. The fourth-order valence-corrected chi connectivity index (χ4v) is 3.04. The molecule has 2 aromatic rings. The van der Waals surface area contributed by atoms with E-state index in [4.69, 9.17) is 4.74 Å². The quantitative estimate of drug-likeness (QED) is 0.677. The molecule has 23 heavy (non-hydrogen) atoms. The third kappa shape index (κ3) is 3.54.